The maximum Gasteiger partial charge on any atom is 0.295 e. The molecule has 6 nitrogen and oxygen atoms in total. The van der Waals surface area contributed by atoms with E-state index in [9.17, 15) is 14.7 Å². The van der Waals surface area contributed by atoms with Crippen LogP contribution in [0.4, 0.5) is 0 Å². The van der Waals surface area contributed by atoms with Gasteiger partial charge in [-0.1, -0.05) is 6.07 Å². The number of nitrogens with zero attached hydrogens (tertiary/aromatic N) is 1. The number of carbonyl (C=O) groups is 2. The second kappa shape index (κ2) is 8.80. The molecule has 3 rings (SSSR count). The lowest BCUT2D eigenvalue weighted by Gasteiger charge is -2.23. The van der Waals surface area contributed by atoms with Gasteiger partial charge >= 0.3 is 0 Å². The van der Waals surface area contributed by atoms with E-state index in [2.05, 4.69) is 0 Å². The van der Waals surface area contributed by atoms with Crippen molar-refractivity contribution in [1.29, 1.82) is 0 Å². The minimum atomic E-state index is -0.683. The summed E-state index contributed by atoms with van der Waals surface area (Å²) in [6, 6.07) is 8.33. The molecule has 0 radical (unpaired) electrons. The molecule has 2 heterocycles. The Morgan fingerprint density at radius 1 is 1.28 bits per heavy atom. The van der Waals surface area contributed by atoms with Crippen LogP contribution in [-0.2, 0) is 14.3 Å². The lowest BCUT2D eigenvalue weighted by Crippen LogP contribution is -2.32. The highest BCUT2D eigenvalue weighted by Gasteiger charge is 2.46. The summed E-state index contributed by atoms with van der Waals surface area (Å²) in [7, 11) is 1.54. The maximum atomic E-state index is 12.8. The van der Waals surface area contributed by atoms with Crippen LogP contribution in [-0.4, -0.2) is 48.1 Å². The number of benzene rings is 1. The Morgan fingerprint density at radius 2 is 2.03 bits per heavy atom. The molecule has 29 heavy (non-hydrogen) atoms. The van der Waals surface area contributed by atoms with Gasteiger partial charge in [0, 0.05) is 24.1 Å². The summed E-state index contributed by atoms with van der Waals surface area (Å²) in [6.45, 7) is 6.32. The van der Waals surface area contributed by atoms with Gasteiger partial charge < -0.3 is 19.5 Å². The molecule has 1 aliphatic rings. The van der Waals surface area contributed by atoms with Crippen molar-refractivity contribution >= 4 is 28.8 Å². The fourth-order valence-corrected chi connectivity index (χ4v) is 4.23. The molecule has 1 aromatic heterocycles. The zero-order valence-electron chi connectivity index (χ0n) is 17.0. The Bertz CT molecular complexity index is 933. The number of thiophene rings is 1. The molecule has 1 saturated heterocycles. The first-order valence-electron chi connectivity index (χ1n) is 9.43. The molecule has 0 saturated carbocycles. The number of aliphatic hydroxyl groups excluding tert-OH is 1. The molecule has 1 aliphatic heterocycles. The van der Waals surface area contributed by atoms with Crippen LogP contribution in [0.2, 0.25) is 0 Å². The third-order valence-electron chi connectivity index (χ3n) is 4.70. The van der Waals surface area contributed by atoms with E-state index in [0.29, 0.717) is 17.9 Å². The van der Waals surface area contributed by atoms with E-state index in [1.165, 1.54) is 16.2 Å². The van der Waals surface area contributed by atoms with Crippen LogP contribution in [0.1, 0.15) is 35.9 Å². The smallest absolute Gasteiger partial charge is 0.295 e. The molecule has 0 spiro atoms. The zero-order valence-corrected chi connectivity index (χ0v) is 17.8. The second-order valence-electron chi connectivity index (χ2n) is 7.15. The number of aryl methyl sites for hydroxylation is 1. The highest BCUT2D eigenvalue weighted by Crippen LogP contribution is 2.41. The number of Topliss-reactive ketones (excluding diaryl/α,β-unsaturated/α-hetero) is 1. The van der Waals surface area contributed by atoms with Gasteiger partial charge in [0.2, 0.25) is 0 Å². The third-order valence-corrected chi connectivity index (χ3v) is 5.62. The van der Waals surface area contributed by atoms with E-state index in [1.54, 1.807) is 25.3 Å². The van der Waals surface area contributed by atoms with Crippen LogP contribution in [0, 0.1) is 6.92 Å². The Balaban J connectivity index is 2.07. The average molecular weight is 416 g/mol. The van der Waals surface area contributed by atoms with Crippen molar-refractivity contribution in [3.8, 4) is 5.75 Å². The van der Waals surface area contributed by atoms with Gasteiger partial charge in [-0.05, 0) is 56.0 Å². The summed E-state index contributed by atoms with van der Waals surface area (Å²) < 4.78 is 10.8. The molecule has 1 atom stereocenters. The predicted molar refractivity (Wildman–Crippen MR) is 112 cm³/mol. The van der Waals surface area contributed by atoms with Crippen molar-refractivity contribution in [2.24, 2.45) is 0 Å². The van der Waals surface area contributed by atoms with E-state index in [-0.39, 0.29) is 24.0 Å². The number of hydrogen-bond donors (Lipinski definition) is 1. The Kier molecular flexibility index (Phi) is 6.39. The summed E-state index contributed by atoms with van der Waals surface area (Å²) in [5, 5.41) is 12.9. The van der Waals surface area contributed by atoms with Crippen molar-refractivity contribution in [1.82, 2.24) is 4.90 Å². The van der Waals surface area contributed by atoms with Crippen molar-refractivity contribution in [3.63, 3.8) is 0 Å². The minimum Gasteiger partial charge on any atom is -0.507 e. The highest BCUT2D eigenvalue weighted by atomic mass is 32.1. The van der Waals surface area contributed by atoms with Gasteiger partial charge in [-0.15, -0.1) is 11.3 Å². The Morgan fingerprint density at radius 3 is 2.62 bits per heavy atom. The molecule has 154 valence electrons. The van der Waals surface area contributed by atoms with Crippen molar-refractivity contribution in [2.45, 2.75) is 32.9 Å². The first kappa shape index (κ1) is 21.1. The van der Waals surface area contributed by atoms with E-state index in [1.807, 2.05) is 38.3 Å². The normalized spacial score (nSPS) is 18.7. The van der Waals surface area contributed by atoms with Gasteiger partial charge in [-0.25, -0.2) is 0 Å². The summed E-state index contributed by atoms with van der Waals surface area (Å²) in [5.41, 5.74) is 1.42. The number of likely N-dealkylation sites (tertiary alicyclic amines) is 1. The largest absolute Gasteiger partial charge is 0.507 e. The Hall–Kier alpha value is -2.64. The topological polar surface area (TPSA) is 76.1 Å². The average Bonchev–Trinajstić information content (AvgIpc) is 3.29. The molecule has 1 aromatic carbocycles. The summed E-state index contributed by atoms with van der Waals surface area (Å²) in [4.78, 5) is 27.8. The fourth-order valence-electron chi connectivity index (χ4n) is 3.38. The van der Waals surface area contributed by atoms with Gasteiger partial charge in [-0.2, -0.15) is 0 Å². The summed E-state index contributed by atoms with van der Waals surface area (Å²) >= 11 is 1.44. The molecule has 1 amide bonds. The molecular formula is C22H25NO5S. The molecule has 2 aromatic rings. The molecule has 1 fully saturated rings. The first-order valence-corrected chi connectivity index (χ1v) is 10.3. The lowest BCUT2D eigenvalue weighted by atomic mass is 9.98. The van der Waals surface area contributed by atoms with E-state index < -0.39 is 17.7 Å². The first-order chi connectivity index (χ1) is 13.8. The van der Waals surface area contributed by atoms with Gasteiger partial charge in [0.15, 0.2) is 0 Å². The highest BCUT2D eigenvalue weighted by molar-refractivity contribution is 7.10. The zero-order chi connectivity index (χ0) is 21.1. The molecule has 0 bridgehead atoms. The number of amides is 1. The minimum absolute atomic E-state index is 0.0260. The summed E-state index contributed by atoms with van der Waals surface area (Å²) in [6.07, 6.45) is 0.0260. The number of carbonyl (C=O) groups excluding carboxylic acids is 2. The van der Waals surface area contributed by atoms with Crippen LogP contribution < -0.4 is 4.74 Å². The number of ether oxygens (including phenoxy) is 2. The second-order valence-corrected chi connectivity index (χ2v) is 8.13. The van der Waals surface area contributed by atoms with Gasteiger partial charge in [0.1, 0.15) is 11.5 Å². The number of ketones is 1. The lowest BCUT2D eigenvalue weighted by molar-refractivity contribution is -0.140. The van der Waals surface area contributed by atoms with E-state index in [4.69, 9.17) is 9.47 Å². The summed E-state index contributed by atoms with van der Waals surface area (Å²) in [5.74, 6) is -0.775. The van der Waals surface area contributed by atoms with Crippen LogP contribution >= 0.6 is 11.3 Å². The molecular weight excluding hydrogens is 390 g/mol. The fraction of sp³-hybridized carbons (Fsp3) is 0.364. The van der Waals surface area contributed by atoms with Crippen molar-refractivity contribution in [3.05, 3.63) is 57.3 Å². The third kappa shape index (κ3) is 4.21. The monoisotopic (exact) mass is 415 g/mol. The molecule has 0 aliphatic carbocycles. The number of hydrogen-bond acceptors (Lipinski definition) is 6. The van der Waals surface area contributed by atoms with Gasteiger partial charge in [0.25, 0.3) is 11.7 Å². The Labute approximate surface area is 174 Å². The van der Waals surface area contributed by atoms with E-state index >= 15 is 0 Å². The number of aliphatic hydroxyl groups is 1. The van der Waals surface area contributed by atoms with Crippen molar-refractivity contribution < 1.29 is 24.2 Å². The molecule has 0 unspecified atom stereocenters. The number of rotatable bonds is 7. The predicted octanol–water partition coefficient (Wildman–Crippen LogP) is 3.91. The number of methoxy groups -OCH3 is 1. The SMILES string of the molecule is COCCN1C(=O)C(=O)C(=C(O)c2ccc(OC(C)C)c(C)c2)[C@H]1c1cccs1. The standard InChI is InChI=1S/C22H25NO5S/c1-13(2)28-16-8-7-15(12-14(16)3)20(24)18-19(17-6-5-11-29-17)23(9-10-27-4)22(26)21(18)25/h5-8,11-13,19,24H,9-10H2,1-4H3/t19-/m1/s1. The quantitative estimate of drug-likeness (QED) is 0.422. The maximum absolute atomic E-state index is 12.8. The molecule has 1 N–H and O–H groups in total. The van der Waals surface area contributed by atoms with Crippen LogP contribution in [0.25, 0.3) is 5.76 Å². The van der Waals surface area contributed by atoms with Crippen LogP contribution in [0.3, 0.4) is 0 Å². The van der Waals surface area contributed by atoms with Gasteiger partial charge in [-0.3, -0.25) is 9.59 Å². The van der Waals surface area contributed by atoms with Crippen LogP contribution in [0.5, 0.6) is 5.75 Å². The van der Waals surface area contributed by atoms with Crippen molar-refractivity contribution in [2.75, 3.05) is 20.3 Å². The van der Waals surface area contributed by atoms with E-state index in [0.717, 1.165) is 10.4 Å². The van der Waals surface area contributed by atoms with Crippen LogP contribution in [0.15, 0.2) is 41.3 Å². The van der Waals surface area contributed by atoms with Gasteiger partial charge in [0.05, 0.1) is 24.3 Å². The molecule has 7 heteroatoms.